The fraction of sp³-hybridized carbons (Fsp3) is 0.368. The van der Waals surface area contributed by atoms with Crippen molar-refractivity contribution >= 4 is 32.7 Å². The van der Waals surface area contributed by atoms with E-state index in [1.807, 2.05) is 0 Å². The molecule has 0 radical (unpaired) electrons. The van der Waals surface area contributed by atoms with Crippen LogP contribution >= 0.6 is 0 Å². The number of hydrogen-bond donors (Lipinski definition) is 0. The first-order valence-corrected chi connectivity index (χ1v) is 10.9. The van der Waals surface area contributed by atoms with Crippen molar-refractivity contribution in [1.29, 1.82) is 0 Å². The third-order valence-electron chi connectivity index (χ3n) is 4.86. The topological polar surface area (TPSA) is 90.0 Å². The van der Waals surface area contributed by atoms with Gasteiger partial charge in [0.25, 0.3) is 11.8 Å². The molecule has 1 aliphatic heterocycles. The predicted octanol–water partition coefficient (Wildman–Crippen LogP) is 4.91. The van der Waals surface area contributed by atoms with E-state index in [0.717, 1.165) is 12.1 Å². The number of ether oxygens (including phenoxy) is 1. The standard InChI is InChI=1S/C19H12F9NO6S/c1-2-6-34-10-7-9-4-3-5-11-13(9)12(8-10)15(31)29(14(11)30)35-36(32,33)19(27,28)17(22,23)16(20,21)18(24,25)26/h3-5,7-8H,2,6H2,1H3. The minimum Gasteiger partial charge on any atom is -0.494 e. The molecule has 0 fully saturated rings. The molecule has 0 atom stereocenters. The Labute approximate surface area is 195 Å². The summed E-state index contributed by atoms with van der Waals surface area (Å²) in [5, 5.41) is -8.19. The van der Waals surface area contributed by atoms with Crippen molar-refractivity contribution in [3.05, 3.63) is 41.5 Å². The van der Waals surface area contributed by atoms with E-state index in [2.05, 4.69) is 4.28 Å². The molecule has 0 saturated heterocycles. The summed E-state index contributed by atoms with van der Waals surface area (Å²) < 4.78 is 151. The predicted molar refractivity (Wildman–Crippen MR) is 101 cm³/mol. The maximum atomic E-state index is 14.0. The largest absolute Gasteiger partial charge is 0.494 e. The van der Waals surface area contributed by atoms with Gasteiger partial charge < -0.3 is 4.74 Å². The third kappa shape index (κ3) is 3.93. The zero-order chi connectivity index (χ0) is 27.5. The summed E-state index contributed by atoms with van der Waals surface area (Å²) in [6.45, 7) is 1.83. The van der Waals surface area contributed by atoms with Crippen LogP contribution in [0.2, 0.25) is 0 Å². The van der Waals surface area contributed by atoms with Crippen molar-refractivity contribution in [3.63, 3.8) is 0 Å². The third-order valence-corrected chi connectivity index (χ3v) is 6.09. The van der Waals surface area contributed by atoms with Crippen LogP contribution in [0.3, 0.4) is 0 Å². The number of imide groups is 1. The summed E-state index contributed by atoms with van der Waals surface area (Å²) in [5.41, 5.74) is -1.16. The van der Waals surface area contributed by atoms with E-state index in [1.165, 1.54) is 18.2 Å². The molecular formula is C19H12F9NO6S. The smallest absolute Gasteiger partial charge is 0.460 e. The van der Waals surface area contributed by atoms with Crippen molar-refractivity contribution in [2.45, 2.75) is 36.6 Å². The molecule has 7 nitrogen and oxygen atoms in total. The minimum absolute atomic E-state index is 0.0244. The lowest BCUT2D eigenvalue weighted by Crippen LogP contribution is -2.64. The van der Waals surface area contributed by atoms with E-state index in [1.54, 1.807) is 6.92 Å². The van der Waals surface area contributed by atoms with E-state index < -0.39 is 61.4 Å². The Kier molecular flexibility index (Phi) is 6.49. The van der Waals surface area contributed by atoms with E-state index >= 15 is 0 Å². The Morgan fingerprint density at radius 3 is 2.00 bits per heavy atom. The Morgan fingerprint density at radius 1 is 0.861 bits per heavy atom. The SMILES string of the molecule is CCCOc1cc2c3c(cccc3c1)C(=O)N(OS(=O)(=O)C(F)(F)C(F)(F)C(F)(F)C(F)(F)F)C2=O. The number of rotatable bonds is 8. The number of halogens is 9. The molecule has 198 valence electrons. The molecule has 2 amide bonds. The first-order valence-electron chi connectivity index (χ1n) is 9.54. The van der Waals surface area contributed by atoms with Gasteiger partial charge in [-0.1, -0.05) is 19.1 Å². The van der Waals surface area contributed by atoms with Crippen LogP contribution in [0.4, 0.5) is 39.5 Å². The van der Waals surface area contributed by atoms with Crippen LogP contribution < -0.4 is 4.74 Å². The van der Waals surface area contributed by atoms with Crippen molar-refractivity contribution in [2.75, 3.05) is 6.61 Å². The lowest BCUT2D eigenvalue weighted by atomic mass is 9.95. The molecule has 0 bridgehead atoms. The second-order valence-corrected chi connectivity index (χ2v) is 8.89. The van der Waals surface area contributed by atoms with Crippen LogP contribution in [0.1, 0.15) is 34.1 Å². The van der Waals surface area contributed by atoms with Gasteiger partial charge in [-0.2, -0.15) is 47.9 Å². The second kappa shape index (κ2) is 8.50. The Bertz CT molecular complexity index is 1340. The van der Waals surface area contributed by atoms with Gasteiger partial charge in [-0.3, -0.25) is 9.59 Å². The van der Waals surface area contributed by atoms with Gasteiger partial charge in [0.2, 0.25) is 0 Å². The van der Waals surface area contributed by atoms with E-state index in [4.69, 9.17) is 4.74 Å². The van der Waals surface area contributed by atoms with Crippen molar-refractivity contribution in [3.8, 4) is 5.75 Å². The molecule has 17 heteroatoms. The van der Waals surface area contributed by atoms with Crippen LogP contribution in [-0.4, -0.2) is 55.2 Å². The summed E-state index contributed by atoms with van der Waals surface area (Å²) in [4.78, 5) is 25.4. The highest BCUT2D eigenvalue weighted by Gasteiger charge is 2.86. The Hall–Kier alpha value is -3.08. The number of hydrogen-bond acceptors (Lipinski definition) is 6. The van der Waals surface area contributed by atoms with Crippen LogP contribution in [0.25, 0.3) is 10.8 Å². The fourth-order valence-corrected chi connectivity index (χ4v) is 3.96. The highest BCUT2D eigenvalue weighted by atomic mass is 32.2. The summed E-state index contributed by atoms with van der Waals surface area (Å²) in [5.74, 6) is -18.8. The molecule has 0 aliphatic carbocycles. The van der Waals surface area contributed by atoms with Crippen LogP contribution in [0, 0.1) is 0 Å². The van der Waals surface area contributed by atoms with Crippen molar-refractivity contribution in [2.24, 2.45) is 0 Å². The molecule has 0 saturated carbocycles. The van der Waals surface area contributed by atoms with Crippen molar-refractivity contribution < 1.29 is 66.5 Å². The number of alkyl halides is 9. The van der Waals surface area contributed by atoms with Gasteiger partial charge in [0.15, 0.2) is 0 Å². The van der Waals surface area contributed by atoms with Gasteiger partial charge in [0.1, 0.15) is 5.75 Å². The van der Waals surface area contributed by atoms with Gasteiger partial charge >= 0.3 is 33.4 Å². The number of nitrogens with zero attached hydrogens (tertiary/aromatic N) is 1. The molecule has 2 aromatic rings. The maximum absolute atomic E-state index is 14.0. The Morgan fingerprint density at radius 2 is 1.44 bits per heavy atom. The summed E-state index contributed by atoms with van der Waals surface area (Å²) >= 11 is 0. The first-order chi connectivity index (χ1) is 16.3. The second-order valence-electron chi connectivity index (χ2n) is 7.32. The lowest BCUT2D eigenvalue weighted by molar-refractivity contribution is -0.383. The molecule has 3 rings (SSSR count). The van der Waals surface area contributed by atoms with Crippen LogP contribution in [0.5, 0.6) is 5.75 Å². The summed E-state index contributed by atoms with van der Waals surface area (Å²) in [7, 11) is -7.53. The lowest BCUT2D eigenvalue weighted by Gasteiger charge is -2.33. The number of carbonyl (C=O) groups excluding carboxylic acids is 2. The first kappa shape index (κ1) is 27.5. The van der Waals surface area contributed by atoms with Gasteiger partial charge in [-0.25, -0.2) is 0 Å². The molecule has 1 aliphatic rings. The van der Waals surface area contributed by atoms with Gasteiger partial charge in [0, 0.05) is 5.39 Å². The number of hydroxylamine groups is 2. The number of carbonyl (C=O) groups is 2. The average molecular weight is 553 g/mol. The fourth-order valence-electron chi connectivity index (χ4n) is 3.09. The molecule has 1 heterocycles. The van der Waals surface area contributed by atoms with Crippen LogP contribution in [-0.2, 0) is 14.4 Å². The monoisotopic (exact) mass is 553 g/mol. The molecule has 0 N–H and O–H groups in total. The van der Waals surface area contributed by atoms with E-state index in [-0.39, 0.29) is 23.1 Å². The molecular weight excluding hydrogens is 541 g/mol. The summed E-state index contributed by atoms with van der Waals surface area (Å²) in [6.07, 6.45) is -6.82. The molecule has 0 spiro atoms. The minimum atomic E-state index is -7.61. The van der Waals surface area contributed by atoms with Crippen molar-refractivity contribution in [1.82, 2.24) is 5.06 Å². The highest BCUT2D eigenvalue weighted by Crippen LogP contribution is 2.55. The van der Waals surface area contributed by atoms with E-state index in [0.29, 0.717) is 6.42 Å². The highest BCUT2D eigenvalue weighted by molar-refractivity contribution is 7.87. The molecule has 36 heavy (non-hydrogen) atoms. The molecule has 0 unspecified atom stereocenters. The van der Waals surface area contributed by atoms with Gasteiger partial charge in [-0.05, 0) is 30.0 Å². The zero-order valence-corrected chi connectivity index (χ0v) is 18.3. The Balaban J connectivity index is 2.08. The maximum Gasteiger partial charge on any atom is 0.460 e. The molecule has 2 aromatic carbocycles. The average Bonchev–Trinajstić information content (AvgIpc) is 2.77. The van der Waals surface area contributed by atoms with Crippen LogP contribution in [0.15, 0.2) is 30.3 Å². The van der Waals surface area contributed by atoms with Gasteiger partial charge in [0.05, 0.1) is 17.7 Å². The zero-order valence-electron chi connectivity index (χ0n) is 17.5. The quantitative estimate of drug-likeness (QED) is 0.341. The summed E-state index contributed by atoms with van der Waals surface area (Å²) in [6, 6.07) is 5.82. The number of benzene rings is 2. The van der Waals surface area contributed by atoms with Gasteiger partial charge in [-0.15, -0.1) is 9.35 Å². The van der Waals surface area contributed by atoms with E-state index in [9.17, 15) is 57.5 Å². The molecule has 0 aromatic heterocycles. The normalized spacial score (nSPS) is 15.6. The number of amides is 2.